The van der Waals surface area contributed by atoms with Gasteiger partial charge in [0.05, 0.1) is 0 Å². The Morgan fingerprint density at radius 3 is 2.52 bits per heavy atom. The minimum absolute atomic E-state index is 0. The van der Waals surface area contributed by atoms with E-state index in [9.17, 15) is 9.59 Å². The summed E-state index contributed by atoms with van der Waals surface area (Å²) in [6, 6.07) is 7.37. The molecule has 1 saturated heterocycles. The highest BCUT2D eigenvalue weighted by molar-refractivity contribution is 5.93. The molecule has 2 rings (SSSR count). The largest absolute Gasteiger partial charge is 0.352 e. The zero-order valence-electron chi connectivity index (χ0n) is 13.8. The summed E-state index contributed by atoms with van der Waals surface area (Å²) in [5.74, 6) is 0.725. The number of halogens is 1. The van der Waals surface area contributed by atoms with Crippen LogP contribution >= 0.6 is 12.4 Å². The quantitative estimate of drug-likeness (QED) is 0.831. The number of rotatable bonds is 6. The Labute approximate surface area is 144 Å². The number of amides is 2. The van der Waals surface area contributed by atoms with Gasteiger partial charge in [0.15, 0.2) is 0 Å². The molecule has 23 heavy (non-hydrogen) atoms. The van der Waals surface area contributed by atoms with Gasteiger partial charge in [-0.3, -0.25) is 9.59 Å². The van der Waals surface area contributed by atoms with E-state index < -0.39 is 0 Å². The molecule has 1 atom stereocenters. The van der Waals surface area contributed by atoms with Crippen molar-refractivity contribution >= 4 is 24.2 Å². The maximum atomic E-state index is 11.8. The molecule has 0 aliphatic carbocycles. The van der Waals surface area contributed by atoms with Crippen LogP contribution in [0.15, 0.2) is 24.3 Å². The molecule has 5 nitrogen and oxygen atoms in total. The summed E-state index contributed by atoms with van der Waals surface area (Å²) in [6.07, 6.45) is 2.72. The van der Waals surface area contributed by atoms with Gasteiger partial charge in [-0.05, 0) is 49.5 Å². The normalized spacial score (nSPS) is 16.5. The molecule has 0 radical (unpaired) electrons. The van der Waals surface area contributed by atoms with Crippen molar-refractivity contribution in [2.45, 2.75) is 25.8 Å². The highest BCUT2D eigenvalue weighted by atomic mass is 35.5. The number of carbonyl (C=O) groups excluding carboxylic acids is 2. The third-order valence-corrected chi connectivity index (χ3v) is 4.04. The van der Waals surface area contributed by atoms with E-state index >= 15 is 0 Å². The average Bonchev–Trinajstić information content (AvgIpc) is 3.04. The van der Waals surface area contributed by atoms with Gasteiger partial charge < -0.3 is 15.5 Å². The maximum Gasteiger partial charge on any atom is 0.253 e. The topological polar surface area (TPSA) is 61.4 Å². The lowest BCUT2D eigenvalue weighted by atomic mass is 10.0. The van der Waals surface area contributed by atoms with Gasteiger partial charge >= 0.3 is 0 Å². The smallest absolute Gasteiger partial charge is 0.253 e. The molecule has 6 heteroatoms. The molecule has 1 heterocycles. The zero-order valence-corrected chi connectivity index (χ0v) is 14.6. The van der Waals surface area contributed by atoms with Crippen molar-refractivity contribution in [3.63, 3.8) is 0 Å². The van der Waals surface area contributed by atoms with E-state index in [1.54, 1.807) is 31.1 Å². The zero-order chi connectivity index (χ0) is 15.9. The molecule has 0 saturated carbocycles. The summed E-state index contributed by atoms with van der Waals surface area (Å²) in [7, 11) is 3.46. The van der Waals surface area contributed by atoms with Crippen molar-refractivity contribution in [1.82, 2.24) is 15.5 Å². The van der Waals surface area contributed by atoms with Crippen molar-refractivity contribution in [2.24, 2.45) is 5.92 Å². The number of nitrogens with zero attached hydrogens (tertiary/aromatic N) is 1. The fourth-order valence-electron chi connectivity index (χ4n) is 2.61. The summed E-state index contributed by atoms with van der Waals surface area (Å²) < 4.78 is 0. The molecule has 1 aliphatic heterocycles. The second-order valence-electron chi connectivity index (χ2n) is 6.07. The average molecular weight is 340 g/mol. The number of nitrogens with one attached hydrogen (secondary N) is 2. The molecule has 1 aliphatic rings. The third kappa shape index (κ3) is 6.20. The number of benzene rings is 1. The van der Waals surface area contributed by atoms with E-state index in [1.165, 1.54) is 6.42 Å². The molecule has 0 bridgehead atoms. The van der Waals surface area contributed by atoms with Crippen LogP contribution in [-0.4, -0.2) is 43.9 Å². The number of carbonyl (C=O) groups is 2. The van der Waals surface area contributed by atoms with E-state index in [1.807, 2.05) is 12.1 Å². The van der Waals surface area contributed by atoms with Crippen LogP contribution in [0.25, 0.3) is 0 Å². The minimum Gasteiger partial charge on any atom is -0.352 e. The lowest BCUT2D eigenvalue weighted by molar-refractivity contribution is -0.121. The fraction of sp³-hybridized carbons (Fsp3) is 0.529. The Balaban J connectivity index is 0.00000264. The van der Waals surface area contributed by atoms with Crippen LogP contribution in [0.3, 0.4) is 0 Å². The third-order valence-electron chi connectivity index (χ3n) is 4.04. The Bertz CT molecular complexity index is 511. The number of hydrogen-bond acceptors (Lipinski definition) is 3. The molecule has 128 valence electrons. The molecular formula is C17H26ClN3O2. The summed E-state index contributed by atoms with van der Waals surface area (Å²) in [5, 5.41) is 6.25. The summed E-state index contributed by atoms with van der Waals surface area (Å²) in [6.45, 7) is 2.62. The van der Waals surface area contributed by atoms with Crippen LogP contribution in [0.1, 0.15) is 35.2 Å². The van der Waals surface area contributed by atoms with Crippen molar-refractivity contribution < 1.29 is 9.59 Å². The Morgan fingerprint density at radius 1 is 1.26 bits per heavy atom. The standard InChI is InChI=1S/C17H25N3O2.ClH/c1-20(2)17(22)15-6-3-13(4-7-15)12-19-16(21)8-5-14-9-10-18-11-14;/h3-4,6-7,14,18H,5,8-12H2,1-2H3,(H,19,21);1H. The van der Waals surface area contributed by atoms with Crippen molar-refractivity contribution in [3.8, 4) is 0 Å². The number of hydrogen-bond donors (Lipinski definition) is 2. The molecule has 0 aromatic heterocycles. The van der Waals surface area contributed by atoms with Gasteiger partial charge in [0.25, 0.3) is 5.91 Å². The van der Waals surface area contributed by atoms with Crippen LogP contribution in [-0.2, 0) is 11.3 Å². The van der Waals surface area contributed by atoms with Crippen LogP contribution in [0, 0.1) is 5.92 Å². The molecule has 0 spiro atoms. The summed E-state index contributed by atoms with van der Waals surface area (Å²) >= 11 is 0. The maximum absolute atomic E-state index is 11.8. The van der Waals surface area contributed by atoms with Crippen molar-refractivity contribution in [3.05, 3.63) is 35.4 Å². The van der Waals surface area contributed by atoms with Gasteiger partial charge in [0.1, 0.15) is 0 Å². The molecule has 2 N–H and O–H groups in total. The first kappa shape index (κ1) is 19.5. The monoisotopic (exact) mass is 339 g/mol. The van der Waals surface area contributed by atoms with Gasteiger partial charge in [0, 0.05) is 32.6 Å². The van der Waals surface area contributed by atoms with Crippen LogP contribution in [0.5, 0.6) is 0 Å². The Hall–Kier alpha value is -1.59. The SMILES string of the molecule is CN(C)C(=O)c1ccc(CNC(=O)CCC2CCNC2)cc1.Cl. The van der Waals surface area contributed by atoms with E-state index in [0.717, 1.165) is 25.1 Å². The van der Waals surface area contributed by atoms with Gasteiger partial charge in [0.2, 0.25) is 5.91 Å². The highest BCUT2D eigenvalue weighted by Gasteiger charge is 2.15. The van der Waals surface area contributed by atoms with Gasteiger partial charge in [-0.2, -0.15) is 0 Å². The first-order valence-electron chi connectivity index (χ1n) is 7.84. The van der Waals surface area contributed by atoms with E-state index in [4.69, 9.17) is 0 Å². The minimum atomic E-state index is -0.0132. The second kappa shape index (κ2) is 9.53. The molecule has 1 fully saturated rings. The first-order chi connectivity index (χ1) is 10.6. The van der Waals surface area contributed by atoms with E-state index in [0.29, 0.717) is 24.4 Å². The molecular weight excluding hydrogens is 314 g/mol. The summed E-state index contributed by atoms with van der Waals surface area (Å²) in [5.41, 5.74) is 1.67. The molecule has 1 aromatic rings. The fourth-order valence-corrected chi connectivity index (χ4v) is 2.61. The lowest BCUT2D eigenvalue weighted by Crippen LogP contribution is -2.24. The highest BCUT2D eigenvalue weighted by Crippen LogP contribution is 2.14. The Kier molecular flexibility index (Phi) is 8.06. The first-order valence-corrected chi connectivity index (χ1v) is 7.84. The van der Waals surface area contributed by atoms with Crippen LogP contribution < -0.4 is 10.6 Å². The van der Waals surface area contributed by atoms with Crippen molar-refractivity contribution in [2.75, 3.05) is 27.2 Å². The predicted octanol–water partition coefficient (Wildman–Crippen LogP) is 1.82. The van der Waals surface area contributed by atoms with E-state index in [2.05, 4.69) is 10.6 Å². The van der Waals surface area contributed by atoms with Gasteiger partial charge in [-0.25, -0.2) is 0 Å². The predicted molar refractivity (Wildman–Crippen MR) is 93.8 cm³/mol. The van der Waals surface area contributed by atoms with Crippen LogP contribution in [0.2, 0.25) is 0 Å². The molecule has 1 aromatic carbocycles. The van der Waals surface area contributed by atoms with Crippen LogP contribution in [0.4, 0.5) is 0 Å². The molecule has 2 amide bonds. The van der Waals surface area contributed by atoms with Gasteiger partial charge in [-0.1, -0.05) is 12.1 Å². The van der Waals surface area contributed by atoms with Crippen molar-refractivity contribution in [1.29, 1.82) is 0 Å². The molecule has 1 unspecified atom stereocenters. The van der Waals surface area contributed by atoms with Gasteiger partial charge in [-0.15, -0.1) is 12.4 Å². The summed E-state index contributed by atoms with van der Waals surface area (Å²) in [4.78, 5) is 25.2. The van der Waals surface area contributed by atoms with E-state index in [-0.39, 0.29) is 24.2 Å². The lowest BCUT2D eigenvalue weighted by Gasteiger charge is -2.11. The second-order valence-corrected chi connectivity index (χ2v) is 6.07. The Morgan fingerprint density at radius 2 is 1.96 bits per heavy atom.